The topological polar surface area (TPSA) is 61.8 Å². The lowest BCUT2D eigenvalue weighted by molar-refractivity contribution is -0.163. The van der Waals surface area contributed by atoms with Gasteiger partial charge in [0.15, 0.2) is 6.10 Å². The first-order valence-corrected chi connectivity index (χ1v) is 29.1. The summed E-state index contributed by atoms with van der Waals surface area (Å²) in [5, 5.41) is 0. The van der Waals surface area contributed by atoms with Crippen LogP contribution < -0.4 is 0 Å². The molecule has 0 aromatic heterocycles. The van der Waals surface area contributed by atoms with Crippen molar-refractivity contribution in [1.82, 2.24) is 0 Å². The molecule has 392 valence electrons. The fraction of sp³-hybridized carbons (Fsp3) is 0.746. The molecule has 0 radical (unpaired) electrons. The van der Waals surface area contributed by atoms with E-state index in [0.29, 0.717) is 19.4 Å². The molecule has 0 amide bonds. The first kappa shape index (κ1) is 65.1. The third-order valence-corrected chi connectivity index (χ3v) is 12.4. The number of unbranched alkanes of at least 4 members (excludes halogenated alkanes) is 28. The minimum atomic E-state index is -0.552. The number of rotatable bonds is 53. The molecular formula is C63H110O5. The first-order valence-electron chi connectivity index (χ1n) is 29.1. The summed E-state index contributed by atoms with van der Waals surface area (Å²) < 4.78 is 17.5. The van der Waals surface area contributed by atoms with Crippen molar-refractivity contribution in [3.8, 4) is 0 Å². The van der Waals surface area contributed by atoms with Gasteiger partial charge in [0.1, 0.15) is 6.61 Å². The molecular weight excluding hydrogens is 837 g/mol. The summed E-state index contributed by atoms with van der Waals surface area (Å²) in [5.41, 5.74) is 0. The lowest BCUT2D eigenvalue weighted by atomic mass is 10.0. The number of esters is 2. The molecule has 0 aromatic rings. The van der Waals surface area contributed by atoms with Crippen LogP contribution in [0, 0.1) is 0 Å². The summed E-state index contributed by atoms with van der Waals surface area (Å²) in [7, 11) is 0. The fourth-order valence-corrected chi connectivity index (χ4v) is 8.16. The van der Waals surface area contributed by atoms with Gasteiger partial charge in [-0.1, -0.05) is 260 Å². The Hall–Kier alpha value is -2.92. The SMILES string of the molecule is CC/C=C\C/C=C\C/C=C\C/C=C\CCCCCCCCC(=O)OCC(COCCCCCCCC/C=C\C/C=C\C/C=C\CC)OC(=O)CCCCCCCCCCCCCCCCCCC. The standard InChI is InChI=1S/C63H110O5/c1-4-7-10-13-16-19-22-25-28-31-32-34-35-38-41-44-47-50-53-56-62(64)67-60-61(59-66-58-55-52-49-46-43-40-37-30-27-24-21-18-15-12-9-6-3)68-63(65)57-54-51-48-45-42-39-36-33-29-26-23-20-17-14-11-8-5-2/h7,9-10,12,16,18-19,21,25,27-28,30,32,34,61H,4-6,8,11,13-15,17,20,22-24,26,29,31,33,35-60H2,1-3H3/b10-7-,12-9-,19-16-,21-18-,28-25-,30-27-,34-32-. The van der Waals surface area contributed by atoms with Crippen LogP contribution in [0.3, 0.4) is 0 Å². The van der Waals surface area contributed by atoms with Crippen LogP contribution in [0.5, 0.6) is 0 Å². The summed E-state index contributed by atoms with van der Waals surface area (Å²) in [5.74, 6) is -0.412. The highest BCUT2D eigenvalue weighted by Gasteiger charge is 2.17. The average Bonchev–Trinajstić information content (AvgIpc) is 3.34. The quantitative estimate of drug-likeness (QED) is 0.0345. The Kier molecular flexibility index (Phi) is 55.9. The van der Waals surface area contributed by atoms with Crippen molar-refractivity contribution < 1.29 is 23.8 Å². The lowest BCUT2D eigenvalue weighted by Gasteiger charge is -2.18. The Morgan fingerprint density at radius 1 is 0.338 bits per heavy atom. The molecule has 0 saturated heterocycles. The van der Waals surface area contributed by atoms with Crippen molar-refractivity contribution >= 4 is 11.9 Å². The monoisotopic (exact) mass is 947 g/mol. The predicted molar refractivity (Wildman–Crippen MR) is 297 cm³/mol. The molecule has 0 aliphatic heterocycles. The van der Waals surface area contributed by atoms with Gasteiger partial charge in [-0.15, -0.1) is 0 Å². The van der Waals surface area contributed by atoms with E-state index in [1.54, 1.807) is 0 Å². The van der Waals surface area contributed by atoms with E-state index in [1.165, 1.54) is 141 Å². The summed E-state index contributed by atoms with van der Waals surface area (Å²) in [4.78, 5) is 25.5. The van der Waals surface area contributed by atoms with Gasteiger partial charge in [0.05, 0.1) is 6.61 Å². The lowest BCUT2D eigenvalue weighted by Crippen LogP contribution is -2.30. The van der Waals surface area contributed by atoms with Crippen molar-refractivity contribution in [2.75, 3.05) is 19.8 Å². The number of carbonyl (C=O) groups is 2. The Labute approximate surface area is 422 Å². The van der Waals surface area contributed by atoms with Crippen LogP contribution in [0.4, 0.5) is 0 Å². The van der Waals surface area contributed by atoms with E-state index < -0.39 is 6.10 Å². The van der Waals surface area contributed by atoms with Gasteiger partial charge < -0.3 is 14.2 Å². The Bertz CT molecular complexity index is 1250. The molecule has 0 aromatic carbocycles. The fourth-order valence-electron chi connectivity index (χ4n) is 8.16. The maximum absolute atomic E-state index is 12.9. The third-order valence-electron chi connectivity index (χ3n) is 12.4. The van der Waals surface area contributed by atoms with Gasteiger partial charge in [-0.2, -0.15) is 0 Å². The van der Waals surface area contributed by atoms with Gasteiger partial charge in [-0.3, -0.25) is 9.59 Å². The molecule has 5 heteroatoms. The first-order chi connectivity index (χ1) is 33.6. The molecule has 0 aliphatic carbocycles. The molecule has 5 nitrogen and oxygen atoms in total. The third kappa shape index (κ3) is 55.7. The van der Waals surface area contributed by atoms with Crippen LogP contribution in [0.1, 0.15) is 278 Å². The van der Waals surface area contributed by atoms with Gasteiger partial charge >= 0.3 is 11.9 Å². The smallest absolute Gasteiger partial charge is 0.306 e. The summed E-state index contributed by atoms with van der Waals surface area (Å²) in [6.07, 6.45) is 77.5. The molecule has 0 rings (SSSR count). The van der Waals surface area contributed by atoms with Gasteiger partial charge in [-0.05, 0) is 89.9 Å². The highest BCUT2D eigenvalue weighted by Crippen LogP contribution is 2.16. The maximum Gasteiger partial charge on any atom is 0.306 e. The second kappa shape index (κ2) is 58.4. The molecule has 1 atom stereocenters. The molecule has 0 bridgehead atoms. The number of ether oxygens (including phenoxy) is 3. The van der Waals surface area contributed by atoms with Crippen molar-refractivity contribution in [3.05, 3.63) is 85.1 Å². The van der Waals surface area contributed by atoms with E-state index in [-0.39, 0.29) is 25.2 Å². The molecule has 0 heterocycles. The normalized spacial score (nSPS) is 12.8. The van der Waals surface area contributed by atoms with Gasteiger partial charge in [-0.25, -0.2) is 0 Å². The zero-order valence-electron chi connectivity index (χ0n) is 45.1. The number of hydrogen-bond acceptors (Lipinski definition) is 5. The molecule has 0 spiro atoms. The van der Waals surface area contributed by atoms with Crippen LogP contribution in [0.15, 0.2) is 85.1 Å². The largest absolute Gasteiger partial charge is 0.462 e. The highest BCUT2D eigenvalue weighted by atomic mass is 16.6. The van der Waals surface area contributed by atoms with Crippen LogP contribution in [-0.2, 0) is 23.8 Å². The molecule has 0 fully saturated rings. The minimum absolute atomic E-state index is 0.0714. The van der Waals surface area contributed by atoms with Gasteiger partial charge in [0.2, 0.25) is 0 Å². The molecule has 68 heavy (non-hydrogen) atoms. The summed E-state index contributed by atoms with van der Waals surface area (Å²) >= 11 is 0. The average molecular weight is 948 g/mol. The van der Waals surface area contributed by atoms with Crippen molar-refractivity contribution in [3.63, 3.8) is 0 Å². The Morgan fingerprint density at radius 2 is 0.662 bits per heavy atom. The predicted octanol–water partition coefficient (Wildman–Crippen LogP) is 20.0. The van der Waals surface area contributed by atoms with E-state index in [4.69, 9.17) is 14.2 Å². The zero-order valence-corrected chi connectivity index (χ0v) is 45.1. The van der Waals surface area contributed by atoms with Crippen LogP contribution in [0.25, 0.3) is 0 Å². The van der Waals surface area contributed by atoms with Crippen LogP contribution in [0.2, 0.25) is 0 Å². The van der Waals surface area contributed by atoms with Gasteiger partial charge in [0, 0.05) is 19.4 Å². The maximum atomic E-state index is 12.9. The summed E-state index contributed by atoms with van der Waals surface area (Å²) in [6.45, 7) is 7.60. The van der Waals surface area contributed by atoms with Crippen molar-refractivity contribution in [2.45, 2.75) is 284 Å². The Morgan fingerprint density at radius 3 is 1.06 bits per heavy atom. The molecule has 1 unspecified atom stereocenters. The van der Waals surface area contributed by atoms with E-state index in [1.807, 2.05) is 0 Å². The van der Waals surface area contributed by atoms with E-state index in [0.717, 1.165) is 103 Å². The summed E-state index contributed by atoms with van der Waals surface area (Å²) in [6, 6.07) is 0. The van der Waals surface area contributed by atoms with Crippen LogP contribution in [-0.4, -0.2) is 37.9 Å². The number of hydrogen-bond donors (Lipinski definition) is 0. The number of allylic oxidation sites excluding steroid dienone is 14. The minimum Gasteiger partial charge on any atom is -0.462 e. The van der Waals surface area contributed by atoms with Crippen LogP contribution >= 0.6 is 0 Å². The van der Waals surface area contributed by atoms with E-state index >= 15 is 0 Å². The number of carbonyl (C=O) groups excluding carboxylic acids is 2. The molecule has 0 saturated carbocycles. The Balaban J connectivity index is 4.31. The van der Waals surface area contributed by atoms with Crippen molar-refractivity contribution in [2.24, 2.45) is 0 Å². The second-order valence-electron chi connectivity index (χ2n) is 19.1. The molecule has 0 N–H and O–H groups in total. The van der Waals surface area contributed by atoms with E-state index in [2.05, 4.69) is 106 Å². The highest BCUT2D eigenvalue weighted by molar-refractivity contribution is 5.70. The van der Waals surface area contributed by atoms with E-state index in [9.17, 15) is 9.59 Å². The second-order valence-corrected chi connectivity index (χ2v) is 19.1. The van der Waals surface area contributed by atoms with Gasteiger partial charge in [0.25, 0.3) is 0 Å². The van der Waals surface area contributed by atoms with Crippen molar-refractivity contribution in [1.29, 1.82) is 0 Å². The zero-order chi connectivity index (χ0) is 49.2. The molecule has 0 aliphatic rings.